The summed E-state index contributed by atoms with van der Waals surface area (Å²) in [5.41, 5.74) is -0.905. The number of carbonyl (C=O) groups excluding carboxylic acids is 4. The van der Waals surface area contributed by atoms with E-state index in [9.17, 15) is 19.2 Å². The molecule has 9 atom stereocenters. The first-order valence-corrected chi connectivity index (χ1v) is 15.0. The van der Waals surface area contributed by atoms with Gasteiger partial charge in [-0.05, 0) is 45.6 Å². The van der Waals surface area contributed by atoms with Crippen LogP contribution in [-0.4, -0.2) is 53.2 Å². The molecule has 39 heavy (non-hydrogen) atoms. The number of benzene rings is 1. The molecule has 9 unspecified atom stereocenters. The fraction of sp³-hybridized carbons (Fsp3) is 0.677. The monoisotopic (exact) mass is 560 g/mol. The van der Waals surface area contributed by atoms with Crippen LogP contribution < -0.4 is 0 Å². The van der Waals surface area contributed by atoms with Gasteiger partial charge in [-0.1, -0.05) is 58.0 Å². The lowest BCUT2D eigenvalue weighted by molar-refractivity contribution is -0.183. The van der Waals surface area contributed by atoms with E-state index in [1.807, 2.05) is 58.0 Å². The highest BCUT2D eigenvalue weighted by atomic mass is 32.2. The smallest absolute Gasteiger partial charge is 0.320 e. The summed E-state index contributed by atoms with van der Waals surface area (Å²) in [6.07, 6.45) is 0.364. The van der Waals surface area contributed by atoms with Crippen molar-refractivity contribution in [2.24, 2.45) is 29.6 Å². The second-order valence-corrected chi connectivity index (χ2v) is 13.0. The first-order valence-electron chi connectivity index (χ1n) is 14.0. The number of thioether (sulfide) groups is 1. The summed E-state index contributed by atoms with van der Waals surface area (Å²) in [5, 5.41) is -0.616. The lowest BCUT2D eigenvalue weighted by atomic mass is 9.70. The molecule has 0 N–H and O–H groups in total. The average molecular weight is 561 g/mol. The molecule has 2 aliphatic heterocycles. The number of ether oxygens (including phenoxy) is 3. The SMILES string of the molecule is CCC1OC(=O)C(C)C(=O)C(C)CC(C)(OC)CC(C)C(=O)C(C)C2C(SCc3ccccc3)C(=O)OC12C. The molecular formula is C31H44O7S. The molecule has 2 aliphatic rings. The van der Waals surface area contributed by atoms with Gasteiger partial charge >= 0.3 is 11.9 Å². The Labute approximate surface area is 237 Å². The van der Waals surface area contributed by atoms with Gasteiger partial charge in [0.15, 0.2) is 5.60 Å². The van der Waals surface area contributed by atoms with Crippen LogP contribution >= 0.6 is 11.8 Å². The molecular weight excluding hydrogens is 516 g/mol. The van der Waals surface area contributed by atoms with E-state index in [1.54, 1.807) is 27.9 Å². The molecule has 1 aromatic carbocycles. The Balaban J connectivity index is 2.06. The van der Waals surface area contributed by atoms with Gasteiger partial charge < -0.3 is 14.2 Å². The number of ketones is 2. The molecule has 0 aromatic heterocycles. The zero-order valence-corrected chi connectivity index (χ0v) is 25.3. The summed E-state index contributed by atoms with van der Waals surface area (Å²) in [6.45, 7) is 12.6. The van der Waals surface area contributed by atoms with Crippen LogP contribution in [0.15, 0.2) is 30.3 Å². The fourth-order valence-corrected chi connectivity index (χ4v) is 7.99. The van der Waals surface area contributed by atoms with Crippen molar-refractivity contribution in [2.45, 2.75) is 96.0 Å². The molecule has 2 fully saturated rings. The maximum absolute atomic E-state index is 14.0. The highest BCUT2D eigenvalue weighted by molar-refractivity contribution is 7.99. The van der Waals surface area contributed by atoms with Gasteiger partial charge in [0.05, 0.1) is 5.60 Å². The average Bonchev–Trinajstić information content (AvgIpc) is 3.17. The Kier molecular flexibility index (Phi) is 10.1. The van der Waals surface area contributed by atoms with Crippen molar-refractivity contribution in [1.29, 1.82) is 0 Å². The summed E-state index contributed by atoms with van der Waals surface area (Å²) in [7, 11) is 1.58. The number of fused-ring (bicyclic) bond motifs is 1. The highest BCUT2D eigenvalue weighted by Crippen LogP contribution is 2.49. The Bertz CT molecular complexity index is 1060. The van der Waals surface area contributed by atoms with E-state index in [4.69, 9.17) is 14.2 Å². The number of hydrogen-bond acceptors (Lipinski definition) is 8. The number of carbonyl (C=O) groups is 4. The molecule has 0 amide bonds. The van der Waals surface area contributed by atoms with Crippen molar-refractivity contribution in [2.75, 3.05) is 7.11 Å². The van der Waals surface area contributed by atoms with E-state index >= 15 is 0 Å². The second kappa shape index (κ2) is 12.5. The molecule has 0 aliphatic carbocycles. The Morgan fingerprint density at radius 1 is 0.923 bits per heavy atom. The number of hydrogen-bond donors (Lipinski definition) is 0. The van der Waals surface area contributed by atoms with E-state index < -0.39 is 58.2 Å². The molecule has 3 rings (SSSR count). The van der Waals surface area contributed by atoms with Crippen LogP contribution in [-0.2, 0) is 39.1 Å². The van der Waals surface area contributed by atoms with E-state index in [-0.39, 0.29) is 17.5 Å². The standard InChI is InChI=1S/C31H44O7S/c1-9-23-31(7)24(27(29(35)38-31)39-17-22-13-11-10-12-14-22)20(4)25(32)18(2)15-30(6,36-8)16-19(3)26(33)21(5)28(34)37-23/h10-14,18-21,23-24,27H,9,15-17H2,1-8H3. The third kappa shape index (κ3) is 6.59. The Morgan fingerprint density at radius 3 is 2.08 bits per heavy atom. The van der Waals surface area contributed by atoms with Gasteiger partial charge in [-0.3, -0.25) is 19.2 Å². The van der Waals surface area contributed by atoms with Crippen molar-refractivity contribution in [3.63, 3.8) is 0 Å². The van der Waals surface area contributed by atoms with Gasteiger partial charge in [0, 0.05) is 36.5 Å². The van der Waals surface area contributed by atoms with Crippen LogP contribution in [0.25, 0.3) is 0 Å². The van der Waals surface area contributed by atoms with E-state index in [2.05, 4.69) is 0 Å². The van der Waals surface area contributed by atoms with Crippen molar-refractivity contribution in [3.05, 3.63) is 35.9 Å². The summed E-state index contributed by atoms with van der Waals surface area (Å²) in [4.78, 5) is 53.9. The summed E-state index contributed by atoms with van der Waals surface area (Å²) >= 11 is 1.45. The van der Waals surface area contributed by atoms with Crippen molar-refractivity contribution >= 4 is 35.3 Å². The second-order valence-electron chi connectivity index (χ2n) is 11.9. The largest absolute Gasteiger partial charge is 0.458 e. The lowest BCUT2D eigenvalue weighted by Gasteiger charge is -2.41. The molecule has 7 nitrogen and oxygen atoms in total. The predicted octanol–water partition coefficient (Wildman–Crippen LogP) is 5.42. The molecule has 2 saturated heterocycles. The van der Waals surface area contributed by atoms with E-state index in [0.29, 0.717) is 25.0 Å². The molecule has 0 saturated carbocycles. The van der Waals surface area contributed by atoms with Crippen molar-refractivity contribution < 1.29 is 33.4 Å². The zero-order valence-electron chi connectivity index (χ0n) is 24.5. The van der Waals surface area contributed by atoms with Gasteiger partial charge in [-0.2, -0.15) is 0 Å². The lowest BCUT2D eigenvalue weighted by Crippen LogP contribution is -2.53. The Hall–Kier alpha value is -2.19. The van der Waals surface area contributed by atoms with Crippen LogP contribution in [0, 0.1) is 29.6 Å². The third-order valence-electron chi connectivity index (χ3n) is 8.79. The molecule has 8 heteroatoms. The number of methoxy groups -OCH3 is 1. The van der Waals surface area contributed by atoms with Crippen molar-refractivity contribution in [1.82, 2.24) is 0 Å². The number of Topliss-reactive ketones (excluding diaryl/α,β-unsaturated/α-hetero) is 2. The summed E-state index contributed by atoms with van der Waals surface area (Å²) < 4.78 is 17.9. The first-order chi connectivity index (χ1) is 18.3. The van der Waals surface area contributed by atoms with Gasteiger partial charge in [-0.15, -0.1) is 11.8 Å². The molecule has 0 spiro atoms. The molecule has 2 heterocycles. The minimum absolute atomic E-state index is 0.00342. The Morgan fingerprint density at radius 2 is 1.51 bits per heavy atom. The van der Waals surface area contributed by atoms with Gasteiger partial charge in [0.1, 0.15) is 28.8 Å². The van der Waals surface area contributed by atoms with E-state index in [0.717, 1.165) is 5.56 Å². The minimum atomic E-state index is -1.23. The van der Waals surface area contributed by atoms with Gasteiger partial charge in [-0.25, -0.2) is 0 Å². The van der Waals surface area contributed by atoms with Crippen LogP contribution in [0.1, 0.15) is 73.3 Å². The number of cyclic esters (lactones) is 1. The number of rotatable bonds is 5. The van der Waals surface area contributed by atoms with Crippen LogP contribution in [0.5, 0.6) is 0 Å². The normalized spacial score (nSPS) is 38.5. The molecule has 1 aromatic rings. The molecule has 0 bridgehead atoms. The van der Waals surface area contributed by atoms with Gasteiger partial charge in [0.2, 0.25) is 0 Å². The maximum Gasteiger partial charge on any atom is 0.320 e. The highest BCUT2D eigenvalue weighted by Gasteiger charge is 2.61. The fourth-order valence-electron chi connectivity index (χ4n) is 6.52. The maximum atomic E-state index is 14.0. The predicted molar refractivity (Wildman–Crippen MR) is 151 cm³/mol. The summed E-state index contributed by atoms with van der Waals surface area (Å²) in [6, 6.07) is 9.84. The molecule has 0 radical (unpaired) electrons. The summed E-state index contributed by atoms with van der Waals surface area (Å²) in [5.74, 6) is -3.60. The first kappa shape index (κ1) is 31.3. The van der Waals surface area contributed by atoms with Crippen LogP contribution in [0.3, 0.4) is 0 Å². The van der Waals surface area contributed by atoms with Crippen molar-refractivity contribution in [3.8, 4) is 0 Å². The number of esters is 2. The van der Waals surface area contributed by atoms with Gasteiger partial charge in [0.25, 0.3) is 0 Å². The minimum Gasteiger partial charge on any atom is -0.458 e. The van der Waals surface area contributed by atoms with E-state index in [1.165, 1.54) is 11.8 Å². The zero-order chi connectivity index (χ0) is 29.1. The third-order valence-corrected chi connectivity index (χ3v) is 10.1. The molecule has 216 valence electrons. The topological polar surface area (TPSA) is 96.0 Å². The van der Waals surface area contributed by atoms with Crippen LogP contribution in [0.2, 0.25) is 0 Å². The van der Waals surface area contributed by atoms with Crippen LogP contribution in [0.4, 0.5) is 0 Å². The quantitative estimate of drug-likeness (QED) is 0.348.